The largest absolute Gasteiger partial charge is 0.461 e. The molecule has 1 aromatic heterocycles. The first-order valence-corrected chi connectivity index (χ1v) is 15.6. The van der Waals surface area contributed by atoms with Crippen molar-refractivity contribution in [3.8, 4) is 11.5 Å². The number of esters is 2. The van der Waals surface area contributed by atoms with Gasteiger partial charge >= 0.3 is 11.9 Å². The third-order valence-corrected chi connectivity index (χ3v) is 7.86. The van der Waals surface area contributed by atoms with Crippen LogP contribution in [0.25, 0.3) is 11.5 Å². The molecule has 0 aliphatic rings. The molecule has 43 heavy (non-hydrogen) atoms. The number of ether oxygens (including phenoxy) is 2. The second-order valence-corrected chi connectivity index (χ2v) is 13.5. The van der Waals surface area contributed by atoms with Gasteiger partial charge in [-0.3, -0.25) is 9.59 Å². The fraction of sp³-hybridized carbons (Fsp3) is 0.281. The summed E-state index contributed by atoms with van der Waals surface area (Å²) in [6.45, 7) is 1.49. The second-order valence-electron chi connectivity index (χ2n) is 9.70. The number of carbonyl (C=O) groups excluding carboxylic acids is 2. The van der Waals surface area contributed by atoms with Gasteiger partial charge in [0.05, 0.1) is 12.1 Å². The molecule has 1 heterocycles. The fourth-order valence-electron chi connectivity index (χ4n) is 4.06. The van der Waals surface area contributed by atoms with Crippen molar-refractivity contribution >= 4 is 58.5 Å². The van der Waals surface area contributed by atoms with Gasteiger partial charge in [0.1, 0.15) is 30.0 Å². The van der Waals surface area contributed by atoms with E-state index in [0.29, 0.717) is 35.9 Å². The second kappa shape index (κ2) is 15.6. The van der Waals surface area contributed by atoms with Gasteiger partial charge in [0, 0.05) is 5.56 Å². The first kappa shape index (κ1) is 32.9. The van der Waals surface area contributed by atoms with Crippen molar-refractivity contribution < 1.29 is 27.9 Å². The van der Waals surface area contributed by atoms with Crippen LogP contribution < -0.4 is 0 Å². The van der Waals surface area contributed by atoms with Crippen molar-refractivity contribution in [2.75, 3.05) is 12.4 Å². The average molecular weight is 665 g/mol. The summed E-state index contributed by atoms with van der Waals surface area (Å²) < 4.78 is 27.9. The van der Waals surface area contributed by atoms with Crippen LogP contribution in [0.1, 0.15) is 28.1 Å². The standard InChI is InChI=1S/C32H29Cl3FNO5S/c1-21-27(37-30(42-21)25-5-3-2-4-6-25)18-29(38)40-19-24-9-7-23(8-10-24)17-28(31(39)41-20-32(33,34)35)43-16-15-22-11-13-26(36)14-12-22/h2-14,28H,15-20H2,1H3. The summed E-state index contributed by atoms with van der Waals surface area (Å²) in [4.78, 5) is 29.8. The van der Waals surface area contributed by atoms with E-state index in [0.717, 1.165) is 22.3 Å². The van der Waals surface area contributed by atoms with Gasteiger partial charge in [-0.1, -0.05) is 89.4 Å². The Kier molecular flexibility index (Phi) is 11.9. The Hall–Kier alpha value is -3.04. The maximum absolute atomic E-state index is 13.2. The Labute approximate surface area is 268 Å². The number of oxazole rings is 1. The van der Waals surface area contributed by atoms with Crippen LogP contribution in [0.4, 0.5) is 4.39 Å². The highest BCUT2D eigenvalue weighted by molar-refractivity contribution is 8.00. The average Bonchev–Trinajstić information content (AvgIpc) is 3.35. The van der Waals surface area contributed by atoms with E-state index in [2.05, 4.69) is 4.98 Å². The number of halogens is 4. The zero-order chi connectivity index (χ0) is 30.8. The normalized spacial score (nSPS) is 12.1. The van der Waals surface area contributed by atoms with Crippen molar-refractivity contribution in [1.82, 2.24) is 4.98 Å². The smallest absolute Gasteiger partial charge is 0.319 e. The van der Waals surface area contributed by atoms with Crippen LogP contribution in [0.5, 0.6) is 0 Å². The maximum Gasteiger partial charge on any atom is 0.319 e. The van der Waals surface area contributed by atoms with Crippen LogP contribution in [0.15, 0.2) is 83.3 Å². The summed E-state index contributed by atoms with van der Waals surface area (Å²) >= 11 is 18.7. The highest BCUT2D eigenvalue weighted by Gasteiger charge is 2.27. The number of hydrogen-bond donors (Lipinski definition) is 0. The molecule has 0 amide bonds. The molecule has 0 spiro atoms. The first-order valence-electron chi connectivity index (χ1n) is 13.4. The number of carbonyl (C=O) groups is 2. The number of aromatic nitrogens is 1. The SMILES string of the molecule is Cc1oc(-c2ccccc2)nc1CC(=O)OCc1ccc(CC(SCCc2ccc(F)cc2)C(=O)OCC(Cl)(Cl)Cl)cc1. The summed E-state index contributed by atoms with van der Waals surface area (Å²) in [6.07, 6.45) is 1.01. The number of benzene rings is 3. The van der Waals surface area contributed by atoms with E-state index in [1.807, 2.05) is 54.6 Å². The van der Waals surface area contributed by atoms with E-state index in [9.17, 15) is 14.0 Å². The predicted molar refractivity (Wildman–Crippen MR) is 168 cm³/mol. The van der Waals surface area contributed by atoms with E-state index in [1.165, 1.54) is 23.9 Å². The summed E-state index contributed by atoms with van der Waals surface area (Å²) in [5, 5.41) is -0.553. The molecule has 1 unspecified atom stereocenters. The van der Waals surface area contributed by atoms with Crippen molar-refractivity contribution in [2.24, 2.45) is 0 Å². The lowest BCUT2D eigenvalue weighted by atomic mass is 10.1. The topological polar surface area (TPSA) is 78.6 Å². The monoisotopic (exact) mass is 663 g/mol. The predicted octanol–water partition coefficient (Wildman–Crippen LogP) is 7.88. The Morgan fingerprint density at radius 3 is 2.26 bits per heavy atom. The van der Waals surface area contributed by atoms with Gasteiger partial charge in [0.15, 0.2) is 0 Å². The summed E-state index contributed by atoms with van der Waals surface area (Å²) in [6, 6.07) is 23.1. The number of nitrogens with zero attached hydrogens (tertiary/aromatic N) is 1. The zero-order valence-corrected chi connectivity index (χ0v) is 26.3. The maximum atomic E-state index is 13.2. The molecule has 0 N–H and O–H groups in total. The van der Waals surface area contributed by atoms with E-state index in [1.54, 1.807) is 19.1 Å². The zero-order valence-electron chi connectivity index (χ0n) is 23.2. The van der Waals surface area contributed by atoms with Gasteiger partial charge < -0.3 is 13.9 Å². The molecular formula is C32H29Cl3FNO5S. The Balaban J connectivity index is 1.30. The van der Waals surface area contributed by atoms with Crippen molar-refractivity contribution in [3.05, 3.63) is 113 Å². The Bertz CT molecular complexity index is 1490. The van der Waals surface area contributed by atoms with E-state index in [-0.39, 0.29) is 25.5 Å². The molecule has 0 aliphatic heterocycles. The number of thioether (sulfide) groups is 1. The Morgan fingerprint density at radius 1 is 0.930 bits per heavy atom. The number of alkyl halides is 3. The lowest BCUT2D eigenvalue weighted by Gasteiger charge is -2.18. The van der Waals surface area contributed by atoms with Crippen LogP contribution in [-0.4, -0.2) is 38.3 Å². The highest BCUT2D eigenvalue weighted by atomic mass is 35.6. The van der Waals surface area contributed by atoms with Crippen molar-refractivity contribution in [3.63, 3.8) is 0 Å². The molecule has 0 fully saturated rings. The van der Waals surface area contributed by atoms with E-state index in [4.69, 9.17) is 48.7 Å². The van der Waals surface area contributed by atoms with Crippen LogP contribution in [0.2, 0.25) is 0 Å². The molecule has 0 radical (unpaired) electrons. The molecule has 0 saturated heterocycles. The van der Waals surface area contributed by atoms with Gasteiger partial charge in [0.2, 0.25) is 9.68 Å². The number of hydrogen-bond acceptors (Lipinski definition) is 7. The third-order valence-electron chi connectivity index (χ3n) is 6.33. The van der Waals surface area contributed by atoms with Crippen molar-refractivity contribution in [2.45, 2.75) is 41.8 Å². The number of rotatable bonds is 13. The third kappa shape index (κ3) is 10.9. The van der Waals surface area contributed by atoms with Gasteiger partial charge in [-0.2, -0.15) is 0 Å². The summed E-state index contributed by atoms with van der Waals surface area (Å²) in [5.74, 6) is 0.411. The lowest BCUT2D eigenvalue weighted by Crippen LogP contribution is -2.27. The van der Waals surface area contributed by atoms with Gasteiger partial charge in [-0.15, -0.1) is 11.8 Å². The van der Waals surface area contributed by atoms with Gasteiger partial charge in [-0.25, -0.2) is 9.37 Å². The fourth-order valence-corrected chi connectivity index (χ4v) is 5.38. The molecule has 11 heteroatoms. The molecule has 226 valence electrons. The van der Waals surface area contributed by atoms with Gasteiger partial charge in [-0.05, 0) is 66.5 Å². The van der Waals surface area contributed by atoms with Crippen LogP contribution in [0.3, 0.4) is 0 Å². The highest BCUT2D eigenvalue weighted by Crippen LogP contribution is 2.28. The van der Waals surface area contributed by atoms with E-state index >= 15 is 0 Å². The first-order chi connectivity index (χ1) is 20.6. The molecule has 4 rings (SSSR count). The summed E-state index contributed by atoms with van der Waals surface area (Å²) in [5.41, 5.74) is 3.99. The van der Waals surface area contributed by atoms with Crippen LogP contribution in [0, 0.1) is 12.7 Å². The van der Waals surface area contributed by atoms with E-state index < -0.39 is 21.0 Å². The molecule has 0 aliphatic carbocycles. The molecular weight excluding hydrogens is 636 g/mol. The molecule has 3 aromatic carbocycles. The van der Waals surface area contributed by atoms with Gasteiger partial charge in [0.25, 0.3) is 0 Å². The quantitative estimate of drug-likeness (QED) is 0.106. The minimum atomic E-state index is -1.71. The lowest BCUT2D eigenvalue weighted by molar-refractivity contribution is -0.144. The molecule has 6 nitrogen and oxygen atoms in total. The van der Waals surface area contributed by atoms with Crippen molar-refractivity contribution in [1.29, 1.82) is 0 Å². The Morgan fingerprint density at radius 2 is 1.58 bits per heavy atom. The molecule has 0 bridgehead atoms. The molecule has 1 atom stereocenters. The minimum absolute atomic E-state index is 0.00657. The summed E-state index contributed by atoms with van der Waals surface area (Å²) in [7, 11) is 0. The van der Waals surface area contributed by atoms with Crippen LogP contribution >= 0.6 is 46.6 Å². The number of aryl methyl sites for hydroxylation is 2. The molecule has 4 aromatic rings. The van der Waals surface area contributed by atoms with Crippen LogP contribution in [-0.2, 0) is 44.9 Å². The molecule has 0 saturated carbocycles. The minimum Gasteiger partial charge on any atom is -0.461 e.